The van der Waals surface area contributed by atoms with Gasteiger partial charge in [0.2, 0.25) is 5.91 Å². The van der Waals surface area contributed by atoms with E-state index in [1.807, 2.05) is 41.0 Å². The molecule has 3 aliphatic rings. The predicted molar refractivity (Wildman–Crippen MR) is 100 cm³/mol. The fraction of sp³-hybridized carbons (Fsp3) is 0.600. The number of nitrogens with zero attached hydrogens (tertiary/aromatic N) is 2. The van der Waals surface area contributed by atoms with Gasteiger partial charge in [-0.2, -0.15) is 0 Å². The maximum Gasteiger partial charge on any atom is 0.410 e. The normalized spacial score (nSPS) is 27.3. The molecule has 0 spiro atoms. The maximum absolute atomic E-state index is 13.0. The summed E-state index contributed by atoms with van der Waals surface area (Å²) >= 11 is 6.04. The summed E-state index contributed by atoms with van der Waals surface area (Å²) in [4.78, 5) is 29.2. The summed E-state index contributed by atoms with van der Waals surface area (Å²) in [6.07, 6.45) is 5.38. The van der Waals surface area contributed by atoms with Crippen LogP contribution in [0.5, 0.6) is 0 Å². The van der Waals surface area contributed by atoms with Crippen LogP contribution < -0.4 is 4.90 Å². The van der Waals surface area contributed by atoms with Crippen LogP contribution in [0.3, 0.4) is 0 Å². The van der Waals surface area contributed by atoms with Crippen LogP contribution in [-0.2, 0) is 9.53 Å². The van der Waals surface area contributed by atoms with E-state index >= 15 is 0 Å². The fourth-order valence-electron chi connectivity index (χ4n) is 4.50. The highest BCUT2D eigenvalue weighted by molar-refractivity contribution is 6.30. The standard InChI is InChI=1S/C20H25ClN2O3/c1-2-26-20(25)23-16-9-10-17(23)12-18(11-16)22(19(24)13-3-4-13)15-7-5-14(21)6-8-15/h5-8,13,16-18H,2-4,9-12H2,1H3/t16-,17+,18+. The zero-order chi connectivity index (χ0) is 18.3. The van der Waals surface area contributed by atoms with Crippen LogP contribution in [0.1, 0.15) is 45.4 Å². The third-order valence-corrected chi connectivity index (χ3v) is 6.07. The van der Waals surface area contributed by atoms with Gasteiger partial charge in [-0.3, -0.25) is 4.79 Å². The monoisotopic (exact) mass is 376 g/mol. The lowest BCUT2D eigenvalue weighted by Gasteiger charge is -2.42. The second kappa shape index (κ2) is 7.10. The molecule has 0 aromatic heterocycles. The van der Waals surface area contributed by atoms with Crippen LogP contribution in [0.2, 0.25) is 5.02 Å². The van der Waals surface area contributed by atoms with Crippen molar-refractivity contribution in [3.63, 3.8) is 0 Å². The molecule has 2 aliphatic heterocycles. The number of hydrogen-bond acceptors (Lipinski definition) is 3. The molecule has 3 atom stereocenters. The Labute approximate surface area is 159 Å². The summed E-state index contributed by atoms with van der Waals surface area (Å²) in [5.41, 5.74) is 0.917. The van der Waals surface area contributed by atoms with Gasteiger partial charge in [0, 0.05) is 34.8 Å². The molecule has 5 nitrogen and oxygen atoms in total. The molecule has 1 aromatic carbocycles. The Morgan fingerprint density at radius 3 is 2.27 bits per heavy atom. The predicted octanol–water partition coefficient (Wildman–Crippen LogP) is 4.23. The summed E-state index contributed by atoms with van der Waals surface area (Å²) < 4.78 is 5.24. The zero-order valence-corrected chi connectivity index (χ0v) is 15.8. The number of fused-ring (bicyclic) bond motifs is 2. The van der Waals surface area contributed by atoms with Crippen LogP contribution >= 0.6 is 11.6 Å². The third-order valence-electron chi connectivity index (χ3n) is 5.82. The van der Waals surface area contributed by atoms with Crippen molar-refractivity contribution >= 4 is 29.3 Å². The van der Waals surface area contributed by atoms with Gasteiger partial charge in [0.25, 0.3) is 0 Å². The number of piperidine rings is 1. The Morgan fingerprint density at radius 2 is 1.73 bits per heavy atom. The van der Waals surface area contributed by atoms with Crippen molar-refractivity contribution in [1.29, 1.82) is 0 Å². The van der Waals surface area contributed by atoms with Crippen molar-refractivity contribution in [3.8, 4) is 0 Å². The van der Waals surface area contributed by atoms with Crippen molar-refractivity contribution in [1.82, 2.24) is 4.90 Å². The van der Waals surface area contributed by atoms with Gasteiger partial charge >= 0.3 is 6.09 Å². The van der Waals surface area contributed by atoms with Gasteiger partial charge in [-0.15, -0.1) is 0 Å². The molecule has 6 heteroatoms. The van der Waals surface area contributed by atoms with Crippen LogP contribution in [0.15, 0.2) is 24.3 Å². The van der Waals surface area contributed by atoms with Gasteiger partial charge in [0.05, 0.1) is 6.61 Å². The minimum Gasteiger partial charge on any atom is -0.450 e. The molecule has 0 unspecified atom stereocenters. The number of amides is 2. The Morgan fingerprint density at radius 1 is 1.12 bits per heavy atom. The first kappa shape index (κ1) is 17.7. The lowest BCUT2D eigenvalue weighted by molar-refractivity contribution is -0.120. The van der Waals surface area contributed by atoms with E-state index in [-0.39, 0.29) is 36.0 Å². The Hall–Kier alpha value is -1.75. The first-order valence-electron chi connectivity index (χ1n) is 9.62. The number of hydrogen-bond donors (Lipinski definition) is 0. The lowest BCUT2D eigenvalue weighted by atomic mass is 9.95. The van der Waals surface area contributed by atoms with Crippen molar-refractivity contribution in [2.45, 2.75) is 63.6 Å². The topological polar surface area (TPSA) is 49.9 Å². The Bertz CT molecular complexity index is 675. The number of rotatable bonds is 4. The second-order valence-electron chi connectivity index (χ2n) is 7.58. The van der Waals surface area contributed by atoms with Gasteiger partial charge in [-0.1, -0.05) is 11.6 Å². The molecule has 2 heterocycles. The van der Waals surface area contributed by atoms with Crippen LogP contribution in [0.4, 0.5) is 10.5 Å². The summed E-state index contributed by atoms with van der Waals surface area (Å²) in [5.74, 6) is 0.382. The molecule has 3 fully saturated rings. The van der Waals surface area contributed by atoms with Crippen LogP contribution in [0, 0.1) is 5.92 Å². The van der Waals surface area contributed by atoms with Crippen molar-refractivity contribution in [2.24, 2.45) is 5.92 Å². The van der Waals surface area contributed by atoms with Gasteiger partial charge in [-0.05, 0) is 69.7 Å². The highest BCUT2D eigenvalue weighted by atomic mass is 35.5. The average molecular weight is 377 g/mol. The SMILES string of the molecule is CCOC(=O)N1[C@@H]2CC[C@H]1C[C@@H](N(C(=O)C1CC1)c1ccc(Cl)cc1)C2. The summed E-state index contributed by atoms with van der Waals surface area (Å²) in [6, 6.07) is 8.01. The number of benzene rings is 1. The first-order valence-corrected chi connectivity index (χ1v) is 10.00. The highest BCUT2D eigenvalue weighted by Crippen LogP contribution is 2.41. The fourth-order valence-corrected chi connectivity index (χ4v) is 4.63. The van der Waals surface area contributed by atoms with E-state index in [9.17, 15) is 9.59 Å². The third kappa shape index (κ3) is 3.29. The van der Waals surface area contributed by atoms with E-state index in [2.05, 4.69) is 0 Å². The highest BCUT2D eigenvalue weighted by Gasteiger charge is 2.47. The zero-order valence-electron chi connectivity index (χ0n) is 15.1. The van der Waals surface area contributed by atoms with Gasteiger partial charge in [0.1, 0.15) is 0 Å². The lowest BCUT2D eigenvalue weighted by Crippen LogP contribution is -2.54. The first-order chi connectivity index (χ1) is 12.6. The minimum atomic E-state index is -0.204. The largest absolute Gasteiger partial charge is 0.450 e. The molecule has 1 aliphatic carbocycles. The molecular formula is C20H25ClN2O3. The molecule has 0 radical (unpaired) electrons. The minimum absolute atomic E-state index is 0.132. The Kier molecular flexibility index (Phi) is 4.82. The number of halogens is 1. The molecule has 1 aromatic rings. The molecule has 4 rings (SSSR count). The van der Waals surface area contributed by atoms with E-state index < -0.39 is 0 Å². The van der Waals surface area contributed by atoms with Gasteiger partial charge < -0.3 is 14.5 Å². The van der Waals surface area contributed by atoms with Gasteiger partial charge in [0.15, 0.2) is 0 Å². The molecule has 140 valence electrons. The number of anilines is 1. The Balaban J connectivity index is 1.57. The second-order valence-corrected chi connectivity index (χ2v) is 8.01. The van der Waals surface area contributed by atoms with E-state index in [4.69, 9.17) is 16.3 Å². The van der Waals surface area contributed by atoms with E-state index in [0.717, 1.165) is 44.2 Å². The van der Waals surface area contributed by atoms with E-state index in [1.165, 1.54) is 0 Å². The molecule has 2 saturated heterocycles. The molecular weight excluding hydrogens is 352 g/mol. The molecule has 2 bridgehead atoms. The van der Waals surface area contributed by atoms with Crippen LogP contribution in [-0.4, -0.2) is 41.6 Å². The van der Waals surface area contributed by atoms with Crippen molar-refractivity contribution < 1.29 is 14.3 Å². The summed E-state index contributed by atoms with van der Waals surface area (Å²) in [7, 11) is 0. The number of carbonyl (C=O) groups excluding carboxylic acids is 2. The van der Waals surface area contributed by atoms with Crippen molar-refractivity contribution in [3.05, 3.63) is 29.3 Å². The van der Waals surface area contributed by atoms with E-state index in [1.54, 1.807) is 0 Å². The molecule has 26 heavy (non-hydrogen) atoms. The summed E-state index contributed by atoms with van der Waals surface area (Å²) in [6.45, 7) is 2.23. The van der Waals surface area contributed by atoms with Crippen LogP contribution in [0.25, 0.3) is 0 Å². The molecule has 2 amide bonds. The van der Waals surface area contributed by atoms with E-state index in [0.29, 0.717) is 11.6 Å². The molecule has 0 N–H and O–H groups in total. The average Bonchev–Trinajstić information content (AvgIpc) is 3.43. The summed E-state index contributed by atoms with van der Waals surface area (Å²) in [5, 5.41) is 0.671. The van der Waals surface area contributed by atoms with Crippen molar-refractivity contribution in [2.75, 3.05) is 11.5 Å². The number of ether oxygens (including phenoxy) is 1. The smallest absolute Gasteiger partial charge is 0.410 e. The molecule has 1 saturated carbocycles. The quantitative estimate of drug-likeness (QED) is 0.789. The van der Waals surface area contributed by atoms with Gasteiger partial charge in [-0.25, -0.2) is 4.79 Å². The number of carbonyl (C=O) groups is 2. The maximum atomic E-state index is 13.0.